The third-order valence-electron chi connectivity index (χ3n) is 5.03. The second kappa shape index (κ2) is 7.69. The predicted molar refractivity (Wildman–Crippen MR) is 94.4 cm³/mol. The highest BCUT2D eigenvalue weighted by molar-refractivity contribution is 5.98. The monoisotopic (exact) mass is 330 g/mol. The van der Waals surface area contributed by atoms with E-state index in [2.05, 4.69) is 5.32 Å². The van der Waals surface area contributed by atoms with Crippen LogP contribution in [0.4, 0.5) is 11.4 Å². The maximum atomic E-state index is 12.3. The van der Waals surface area contributed by atoms with Gasteiger partial charge in [-0.2, -0.15) is 0 Å². The molecule has 1 aromatic carbocycles. The minimum Gasteiger partial charge on any atom is -0.495 e. The largest absolute Gasteiger partial charge is 0.495 e. The van der Waals surface area contributed by atoms with Crippen LogP contribution in [0.1, 0.15) is 51.4 Å². The standard InChI is InChI=1S/C19H26N2O3/c1-24-17-10-9-15(13-16(17)21-11-5-8-19(21)23)20-18(22)12-14-6-3-2-4-7-14/h9-10,13-14H,2-8,11-12H2,1H3,(H,20,22). The third kappa shape index (κ3) is 3.89. The van der Waals surface area contributed by atoms with Crippen molar-refractivity contribution in [1.82, 2.24) is 0 Å². The molecule has 1 saturated heterocycles. The Bertz CT molecular complexity index is 609. The van der Waals surface area contributed by atoms with E-state index in [1.54, 1.807) is 12.0 Å². The van der Waals surface area contributed by atoms with E-state index in [-0.39, 0.29) is 11.8 Å². The van der Waals surface area contributed by atoms with E-state index >= 15 is 0 Å². The Morgan fingerprint density at radius 2 is 2.04 bits per heavy atom. The van der Waals surface area contributed by atoms with E-state index in [1.807, 2.05) is 18.2 Å². The number of rotatable bonds is 5. The Morgan fingerprint density at radius 1 is 1.25 bits per heavy atom. The number of amides is 2. The topological polar surface area (TPSA) is 58.6 Å². The zero-order valence-electron chi connectivity index (χ0n) is 14.3. The van der Waals surface area contributed by atoms with Crippen molar-refractivity contribution in [3.8, 4) is 5.75 Å². The Kier molecular flexibility index (Phi) is 5.38. The third-order valence-corrected chi connectivity index (χ3v) is 5.03. The lowest BCUT2D eigenvalue weighted by Crippen LogP contribution is -2.24. The van der Waals surface area contributed by atoms with Crippen LogP contribution in [0, 0.1) is 5.92 Å². The van der Waals surface area contributed by atoms with Gasteiger partial charge in [-0.25, -0.2) is 0 Å². The molecule has 24 heavy (non-hydrogen) atoms. The summed E-state index contributed by atoms with van der Waals surface area (Å²) in [7, 11) is 1.60. The highest BCUT2D eigenvalue weighted by Crippen LogP contribution is 2.34. The molecule has 1 N–H and O–H groups in total. The summed E-state index contributed by atoms with van der Waals surface area (Å²) in [5.41, 5.74) is 1.47. The summed E-state index contributed by atoms with van der Waals surface area (Å²) in [5.74, 6) is 1.34. The lowest BCUT2D eigenvalue weighted by atomic mass is 9.87. The second-order valence-electron chi connectivity index (χ2n) is 6.79. The van der Waals surface area contributed by atoms with E-state index < -0.39 is 0 Å². The Hall–Kier alpha value is -2.04. The van der Waals surface area contributed by atoms with Gasteiger partial charge in [-0.1, -0.05) is 19.3 Å². The van der Waals surface area contributed by atoms with Gasteiger partial charge in [0.2, 0.25) is 11.8 Å². The minimum absolute atomic E-state index is 0.0609. The van der Waals surface area contributed by atoms with Crippen molar-refractivity contribution < 1.29 is 14.3 Å². The number of nitrogens with one attached hydrogen (secondary N) is 1. The number of ether oxygens (including phenoxy) is 1. The molecule has 2 amide bonds. The molecule has 0 radical (unpaired) electrons. The molecule has 1 heterocycles. The van der Waals surface area contributed by atoms with Crippen LogP contribution in [0.5, 0.6) is 5.75 Å². The van der Waals surface area contributed by atoms with Gasteiger partial charge in [-0.05, 0) is 43.4 Å². The fraction of sp³-hybridized carbons (Fsp3) is 0.579. The van der Waals surface area contributed by atoms with Gasteiger partial charge in [0.05, 0.1) is 12.8 Å². The Labute approximate surface area is 143 Å². The summed E-state index contributed by atoms with van der Waals surface area (Å²) in [4.78, 5) is 26.1. The van der Waals surface area contributed by atoms with Crippen LogP contribution < -0.4 is 15.0 Å². The van der Waals surface area contributed by atoms with Gasteiger partial charge in [-0.3, -0.25) is 9.59 Å². The molecule has 5 heteroatoms. The Balaban J connectivity index is 1.69. The number of carbonyl (C=O) groups excluding carboxylic acids is 2. The molecule has 0 atom stereocenters. The van der Waals surface area contributed by atoms with Crippen molar-refractivity contribution in [2.24, 2.45) is 5.92 Å². The van der Waals surface area contributed by atoms with E-state index in [1.165, 1.54) is 19.3 Å². The van der Waals surface area contributed by atoms with Crippen LogP contribution in [0.15, 0.2) is 18.2 Å². The maximum absolute atomic E-state index is 12.3. The van der Waals surface area contributed by atoms with Crippen LogP contribution in [-0.4, -0.2) is 25.5 Å². The van der Waals surface area contributed by atoms with Crippen molar-refractivity contribution in [1.29, 1.82) is 0 Å². The van der Waals surface area contributed by atoms with Crippen LogP contribution in [0.2, 0.25) is 0 Å². The first-order chi connectivity index (χ1) is 11.7. The SMILES string of the molecule is COc1ccc(NC(=O)CC2CCCCC2)cc1N1CCCC1=O. The molecule has 2 aliphatic rings. The number of carbonyl (C=O) groups is 2. The molecule has 1 aromatic rings. The van der Waals surface area contributed by atoms with Crippen molar-refractivity contribution in [3.63, 3.8) is 0 Å². The summed E-state index contributed by atoms with van der Waals surface area (Å²) in [6.45, 7) is 0.703. The van der Waals surface area contributed by atoms with Gasteiger partial charge >= 0.3 is 0 Å². The highest BCUT2D eigenvalue weighted by Gasteiger charge is 2.25. The number of hydrogen-bond donors (Lipinski definition) is 1. The van der Waals surface area contributed by atoms with Gasteiger partial charge < -0.3 is 15.0 Å². The molecular formula is C19H26N2O3. The van der Waals surface area contributed by atoms with E-state index in [0.717, 1.165) is 30.6 Å². The second-order valence-corrected chi connectivity index (χ2v) is 6.79. The minimum atomic E-state index is 0.0609. The van der Waals surface area contributed by atoms with Gasteiger partial charge in [0.25, 0.3) is 0 Å². The van der Waals surface area contributed by atoms with Gasteiger partial charge in [0.1, 0.15) is 5.75 Å². The van der Waals surface area contributed by atoms with Crippen LogP contribution in [0.25, 0.3) is 0 Å². The summed E-state index contributed by atoms with van der Waals surface area (Å²) >= 11 is 0. The lowest BCUT2D eigenvalue weighted by Gasteiger charge is -2.22. The number of methoxy groups -OCH3 is 1. The van der Waals surface area contributed by atoms with E-state index in [0.29, 0.717) is 31.1 Å². The quantitative estimate of drug-likeness (QED) is 0.895. The van der Waals surface area contributed by atoms with Crippen molar-refractivity contribution >= 4 is 23.2 Å². The normalized spacial score (nSPS) is 18.7. The first-order valence-corrected chi connectivity index (χ1v) is 8.95. The zero-order chi connectivity index (χ0) is 16.9. The van der Waals surface area contributed by atoms with E-state index in [9.17, 15) is 9.59 Å². The van der Waals surface area contributed by atoms with Crippen molar-refractivity contribution in [3.05, 3.63) is 18.2 Å². The average molecular weight is 330 g/mol. The molecule has 0 bridgehead atoms. The molecule has 0 spiro atoms. The Morgan fingerprint density at radius 3 is 2.71 bits per heavy atom. The lowest BCUT2D eigenvalue weighted by molar-refractivity contribution is -0.117. The number of nitrogens with zero attached hydrogens (tertiary/aromatic N) is 1. The molecule has 0 unspecified atom stereocenters. The number of hydrogen-bond acceptors (Lipinski definition) is 3. The molecule has 2 fully saturated rings. The van der Waals surface area contributed by atoms with Crippen LogP contribution in [-0.2, 0) is 9.59 Å². The molecule has 130 valence electrons. The highest BCUT2D eigenvalue weighted by atomic mass is 16.5. The van der Waals surface area contributed by atoms with Crippen LogP contribution in [0.3, 0.4) is 0 Å². The fourth-order valence-electron chi connectivity index (χ4n) is 3.75. The fourth-order valence-corrected chi connectivity index (χ4v) is 3.75. The summed E-state index contributed by atoms with van der Waals surface area (Å²) in [5, 5.41) is 2.99. The molecule has 5 nitrogen and oxygen atoms in total. The average Bonchev–Trinajstić information content (AvgIpc) is 3.01. The number of anilines is 2. The summed E-state index contributed by atoms with van der Waals surface area (Å²) < 4.78 is 5.38. The zero-order valence-corrected chi connectivity index (χ0v) is 14.3. The van der Waals surface area contributed by atoms with Gasteiger partial charge in [-0.15, -0.1) is 0 Å². The van der Waals surface area contributed by atoms with E-state index in [4.69, 9.17) is 4.74 Å². The maximum Gasteiger partial charge on any atom is 0.227 e. The molecular weight excluding hydrogens is 304 g/mol. The van der Waals surface area contributed by atoms with Crippen molar-refractivity contribution in [2.45, 2.75) is 51.4 Å². The first-order valence-electron chi connectivity index (χ1n) is 8.95. The molecule has 1 aliphatic heterocycles. The van der Waals surface area contributed by atoms with Crippen molar-refractivity contribution in [2.75, 3.05) is 23.9 Å². The first kappa shape index (κ1) is 16.8. The van der Waals surface area contributed by atoms with Gasteiger partial charge in [0, 0.05) is 25.1 Å². The molecule has 0 aromatic heterocycles. The molecule has 1 saturated carbocycles. The predicted octanol–water partition coefficient (Wildman–Crippen LogP) is 3.73. The molecule has 1 aliphatic carbocycles. The molecule has 3 rings (SSSR count). The summed E-state index contributed by atoms with van der Waals surface area (Å²) in [6, 6.07) is 5.50. The van der Waals surface area contributed by atoms with Crippen LogP contribution >= 0.6 is 0 Å². The smallest absolute Gasteiger partial charge is 0.227 e. The van der Waals surface area contributed by atoms with Gasteiger partial charge in [0.15, 0.2) is 0 Å². The summed E-state index contributed by atoms with van der Waals surface area (Å²) in [6.07, 6.45) is 8.10. The number of benzene rings is 1.